The molecule has 0 spiro atoms. The zero-order valence-corrected chi connectivity index (χ0v) is 17.4. The summed E-state index contributed by atoms with van der Waals surface area (Å²) < 4.78 is 6.17. The molecule has 1 aliphatic heterocycles. The molecule has 2 aromatic rings. The SMILES string of the molecule is CN(C(=O)Oc1ccc(N2C(=O)CC(C)(C)CC2=O)cn1)c1ccc(Br)cc1. The maximum absolute atomic E-state index is 12.3. The minimum Gasteiger partial charge on any atom is -0.391 e. The van der Waals surface area contributed by atoms with E-state index in [1.807, 2.05) is 26.0 Å². The lowest BCUT2D eigenvalue weighted by Gasteiger charge is -2.34. The van der Waals surface area contributed by atoms with E-state index in [9.17, 15) is 14.4 Å². The van der Waals surface area contributed by atoms with Crippen LogP contribution in [0.3, 0.4) is 0 Å². The van der Waals surface area contributed by atoms with E-state index < -0.39 is 6.09 Å². The Kier molecular flexibility index (Phi) is 5.51. The van der Waals surface area contributed by atoms with Crippen molar-refractivity contribution in [3.8, 4) is 5.88 Å². The van der Waals surface area contributed by atoms with Crippen molar-refractivity contribution in [2.24, 2.45) is 5.41 Å². The Bertz CT molecular complexity index is 890. The third-order valence-electron chi connectivity index (χ3n) is 4.42. The first-order valence-corrected chi connectivity index (χ1v) is 9.48. The lowest BCUT2D eigenvalue weighted by Crippen LogP contribution is -2.46. The van der Waals surface area contributed by atoms with E-state index in [-0.39, 0.29) is 36.0 Å². The number of carbonyl (C=O) groups is 3. The standard InChI is InChI=1S/C20H20BrN3O4/c1-20(2)10-17(25)24(18(26)11-20)15-8-9-16(22-12-15)28-19(27)23(3)14-6-4-13(21)5-7-14/h4-9,12H,10-11H2,1-3H3. The number of hydrogen-bond donors (Lipinski definition) is 0. The minimum atomic E-state index is -0.602. The summed E-state index contributed by atoms with van der Waals surface area (Å²) in [4.78, 5) is 43.5. The average Bonchev–Trinajstić information content (AvgIpc) is 2.61. The monoisotopic (exact) mass is 445 g/mol. The molecule has 1 aromatic carbocycles. The van der Waals surface area contributed by atoms with Crippen molar-refractivity contribution in [3.05, 3.63) is 47.1 Å². The molecular weight excluding hydrogens is 426 g/mol. The van der Waals surface area contributed by atoms with E-state index in [1.165, 1.54) is 17.2 Å². The lowest BCUT2D eigenvalue weighted by molar-refractivity contribution is -0.132. The van der Waals surface area contributed by atoms with Gasteiger partial charge in [-0.3, -0.25) is 14.5 Å². The van der Waals surface area contributed by atoms with Gasteiger partial charge in [-0.15, -0.1) is 0 Å². The number of halogens is 1. The third-order valence-corrected chi connectivity index (χ3v) is 4.95. The largest absolute Gasteiger partial charge is 0.420 e. The van der Waals surface area contributed by atoms with Crippen LogP contribution >= 0.6 is 15.9 Å². The van der Waals surface area contributed by atoms with E-state index in [0.717, 1.165) is 9.37 Å². The van der Waals surface area contributed by atoms with Crippen LogP contribution in [0.15, 0.2) is 47.1 Å². The van der Waals surface area contributed by atoms with E-state index in [4.69, 9.17) is 4.74 Å². The van der Waals surface area contributed by atoms with E-state index in [1.54, 1.807) is 25.2 Å². The molecule has 1 aliphatic rings. The first-order valence-electron chi connectivity index (χ1n) is 8.69. The number of pyridine rings is 1. The number of aromatic nitrogens is 1. The maximum Gasteiger partial charge on any atom is 0.420 e. The Morgan fingerprint density at radius 2 is 1.71 bits per heavy atom. The maximum atomic E-state index is 12.3. The number of rotatable bonds is 3. The second kappa shape index (κ2) is 7.71. The molecule has 0 aliphatic carbocycles. The highest BCUT2D eigenvalue weighted by atomic mass is 79.9. The van der Waals surface area contributed by atoms with Crippen molar-refractivity contribution in [2.75, 3.05) is 16.8 Å². The van der Waals surface area contributed by atoms with Gasteiger partial charge in [-0.25, -0.2) is 14.7 Å². The molecule has 146 valence electrons. The third kappa shape index (κ3) is 4.39. The van der Waals surface area contributed by atoms with Gasteiger partial charge in [-0.2, -0.15) is 0 Å². The highest BCUT2D eigenvalue weighted by Gasteiger charge is 2.38. The summed E-state index contributed by atoms with van der Waals surface area (Å²) in [5.74, 6) is -0.444. The van der Waals surface area contributed by atoms with Gasteiger partial charge in [0.15, 0.2) is 0 Å². The number of hydrogen-bond acceptors (Lipinski definition) is 5. The molecule has 0 atom stereocenters. The average molecular weight is 446 g/mol. The second-order valence-electron chi connectivity index (χ2n) is 7.40. The zero-order chi connectivity index (χ0) is 20.5. The Balaban J connectivity index is 1.69. The van der Waals surface area contributed by atoms with Gasteiger partial charge >= 0.3 is 6.09 Å². The number of ether oxygens (including phenoxy) is 1. The Hall–Kier alpha value is -2.74. The molecule has 0 saturated carbocycles. The molecular formula is C20H20BrN3O4. The first-order chi connectivity index (χ1) is 13.2. The summed E-state index contributed by atoms with van der Waals surface area (Å²) >= 11 is 3.34. The highest BCUT2D eigenvalue weighted by Crippen LogP contribution is 2.34. The number of amides is 3. The number of anilines is 2. The Morgan fingerprint density at radius 1 is 1.11 bits per heavy atom. The number of benzene rings is 1. The summed E-state index contributed by atoms with van der Waals surface area (Å²) in [5.41, 5.74) is 0.689. The molecule has 2 heterocycles. The van der Waals surface area contributed by atoms with Crippen LogP contribution in [0.1, 0.15) is 26.7 Å². The Labute approximate surface area is 171 Å². The van der Waals surface area contributed by atoms with Crippen molar-refractivity contribution < 1.29 is 19.1 Å². The predicted octanol–water partition coefficient (Wildman–Crippen LogP) is 4.16. The van der Waals surface area contributed by atoms with E-state index in [2.05, 4.69) is 20.9 Å². The summed E-state index contributed by atoms with van der Waals surface area (Å²) in [6.45, 7) is 3.78. The van der Waals surface area contributed by atoms with Gasteiger partial charge in [-0.05, 0) is 35.7 Å². The highest BCUT2D eigenvalue weighted by molar-refractivity contribution is 9.10. The van der Waals surface area contributed by atoms with Crippen LogP contribution in [0, 0.1) is 5.41 Å². The molecule has 0 N–H and O–H groups in total. The summed E-state index contributed by atoms with van der Waals surface area (Å²) in [5, 5.41) is 0. The lowest BCUT2D eigenvalue weighted by atomic mass is 9.81. The van der Waals surface area contributed by atoms with E-state index in [0.29, 0.717) is 11.4 Å². The number of carbonyl (C=O) groups excluding carboxylic acids is 3. The van der Waals surface area contributed by atoms with Gasteiger partial charge in [0.05, 0.1) is 11.9 Å². The van der Waals surface area contributed by atoms with Crippen LogP contribution in [0.5, 0.6) is 5.88 Å². The van der Waals surface area contributed by atoms with Crippen molar-refractivity contribution in [1.82, 2.24) is 4.98 Å². The van der Waals surface area contributed by atoms with Gasteiger partial charge in [-0.1, -0.05) is 29.8 Å². The number of imide groups is 1. The van der Waals surface area contributed by atoms with Gasteiger partial charge in [0.25, 0.3) is 0 Å². The van der Waals surface area contributed by atoms with Crippen LogP contribution in [0.2, 0.25) is 0 Å². The molecule has 0 unspecified atom stereocenters. The van der Waals surface area contributed by atoms with Gasteiger partial charge in [0.2, 0.25) is 17.7 Å². The predicted molar refractivity (Wildman–Crippen MR) is 108 cm³/mol. The zero-order valence-electron chi connectivity index (χ0n) is 15.8. The molecule has 1 fully saturated rings. The van der Waals surface area contributed by atoms with Gasteiger partial charge in [0.1, 0.15) is 0 Å². The normalized spacial score (nSPS) is 16.1. The van der Waals surface area contributed by atoms with Crippen LogP contribution in [-0.2, 0) is 9.59 Å². The fraction of sp³-hybridized carbons (Fsp3) is 0.300. The van der Waals surface area contributed by atoms with Crippen molar-refractivity contribution in [2.45, 2.75) is 26.7 Å². The van der Waals surface area contributed by atoms with Crippen LogP contribution in [0.4, 0.5) is 16.2 Å². The van der Waals surface area contributed by atoms with Crippen molar-refractivity contribution in [3.63, 3.8) is 0 Å². The van der Waals surface area contributed by atoms with Gasteiger partial charge < -0.3 is 4.74 Å². The molecule has 7 nitrogen and oxygen atoms in total. The molecule has 3 rings (SSSR count). The Morgan fingerprint density at radius 3 is 2.25 bits per heavy atom. The fourth-order valence-electron chi connectivity index (χ4n) is 2.96. The molecule has 3 amide bonds. The molecule has 0 bridgehead atoms. The first kappa shape index (κ1) is 20.0. The number of nitrogens with zero attached hydrogens (tertiary/aromatic N) is 3. The van der Waals surface area contributed by atoms with Crippen LogP contribution < -0.4 is 14.5 Å². The van der Waals surface area contributed by atoms with Crippen LogP contribution in [0.25, 0.3) is 0 Å². The molecule has 0 radical (unpaired) electrons. The summed E-state index contributed by atoms with van der Waals surface area (Å²) in [6, 6.07) is 10.2. The van der Waals surface area contributed by atoms with E-state index >= 15 is 0 Å². The van der Waals surface area contributed by atoms with Gasteiger partial charge in [0, 0.05) is 36.1 Å². The minimum absolute atomic E-state index is 0.0787. The fourth-order valence-corrected chi connectivity index (χ4v) is 3.22. The molecule has 1 aromatic heterocycles. The van der Waals surface area contributed by atoms with Crippen molar-refractivity contribution in [1.29, 1.82) is 0 Å². The molecule has 28 heavy (non-hydrogen) atoms. The molecule has 1 saturated heterocycles. The second-order valence-corrected chi connectivity index (χ2v) is 8.31. The van der Waals surface area contributed by atoms with Crippen molar-refractivity contribution >= 4 is 45.2 Å². The summed E-state index contributed by atoms with van der Waals surface area (Å²) in [6.07, 6.45) is 1.33. The smallest absolute Gasteiger partial charge is 0.391 e. The summed E-state index contributed by atoms with van der Waals surface area (Å²) in [7, 11) is 1.59. The molecule has 8 heteroatoms. The van der Waals surface area contributed by atoms with Crippen LogP contribution in [-0.4, -0.2) is 29.9 Å². The quantitative estimate of drug-likeness (QED) is 0.662. The topological polar surface area (TPSA) is 79.8 Å². The number of piperidine rings is 1.